The Balaban J connectivity index is 2.07. The number of aromatic amines is 1. The van der Waals surface area contributed by atoms with Gasteiger partial charge in [0.2, 0.25) is 0 Å². The van der Waals surface area contributed by atoms with Crippen LogP contribution >= 0.6 is 11.6 Å². The maximum atomic E-state index is 13.3. The summed E-state index contributed by atoms with van der Waals surface area (Å²) in [7, 11) is 0. The minimum absolute atomic E-state index is 0.320. The van der Waals surface area contributed by atoms with Crippen LogP contribution in [0.5, 0.6) is 0 Å². The van der Waals surface area contributed by atoms with Crippen LogP contribution in [0.2, 0.25) is 5.02 Å². The second-order valence-electron chi connectivity index (χ2n) is 3.05. The number of rotatable bonds is 3. The van der Waals surface area contributed by atoms with Crippen molar-refractivity contribution in [2.75, 3.05) is 5.32 Å². The average Bonchev–Trinajstić information content (AvgIpc) is 2.72. The number of H-pyrrole nitrogens is 1. The SMILES string of the molecule is Fc1ccc(Cl)cc1NCc1cnc[nH]1. The summed E-state index contributed by atoms with van der Waals surface area (Å²) >= 11 is 5.75. The molecule has 2 N–H and O–H groups in total. The minimum Gasteiger partial charge on any atom is -0.377 e. The quantitative estimate of drug-likeness (QED) is 0.843. The van der Waals surface area contributed by atoms with Crippen molar-refractivity contribution < 1.29 is 4.39 Å². The van der Waals surface area contributed by atoms with E-state index >= 15 is 0 Å². The molecule has 0 unspecified atom stereocenters. The standard InChI is InChI=1S/C10H9ClFN3/c11-7-1-2-9(12)10(3-7)14-5-8-4-13-6-15-8/h1-4,6,14H,5H2,(H,13,15). The Hall–Kier alpha value is -1.55. The van der Waals surface area contributed by atoms with E-state index in [1.165, 1.54) is 12.1 Å². The molecule has 0 aliphatic heterocycles. The largest absolute Gasteiger partial charge is 0.377 e. The normalized spacial score (nSPS) is 10.3. The van der Waals surface area contributed by atoms with Gasteiger partial charge in [-0.15, -0.1) is 0 Å². The Kier molecular flexibility index (Phi) is 2.87. The van der Waals surface area contributed by atoms with E-state index in [0.717, 1.165) is 5.69 Å². The van der Waals surface area contributed by atoms with Crippen LogP contribution in [0.4, 0.5) is 10.1 Å². The van der Waals surface area contributed by atoms with Crippen molar-refractivity contribution in [1.29, 1.82) is 0 Å². The van der Waals surface area contributed by atoms with Gasteiger partial charge >= 0.3 is 0 Å². The molecule has 78 valence electrons. The van der Waals surface area contributed by atoms with Crippen LogP contribution in [0, 0.1) is 5.82 Å². The van der Waals surface area contributed by atoms with Gasteiger partial charge in [-0.05, 0) is 18.2 Å². The van der Waals surface area contributed by atoms with Gasteiger partial charge in [0.15, 0.2) is 0 Å². The number of anilines is 1. The van der Waals surface area contributed by atoms with Crippen molar-refractivity contribution in [2.24, 2.45) is 0 Å². The zero-order valence-electron chi connectivity index (χ0n) is 7.80. The van der Waals surface area contributed by atoms with Gasteiger partial charge in [-0.2, -0.15) is 0 Å². The molecule has 0 amide bonds. The lowest BCUT2D eigenvalue weighted by molar-refractivity contribution is 0.630. The third kappa shape index (κ3) is 2.47. The number of hydrogen-bond donors (Lipinski definition) is 2. The molecule has 15 heavy (non-hydrogen) atoms. The lowest BCUT2D eigenvalue weighted by Crippen LogP contribution is -2.01. The fourth-order valence-electron chi connectivity index (χ4n) is 1.20. The molecule has 0 aliphatic rings. The zero-order chi connectivity index (χ0) is 10.7. The van der Waals surface area contributed by atoms with E-state index in [1.807, 2.05) is 0 Å². The number of aromatic nitrogens is 2. The van der Waals surface area contributed by atoms with Gasteiger partial charge in [0.25, 0.3) is 0 Å². The van der Waals surface area contributed by atoms with Crippen LogP contribution in [0.3, 0.4) is 0 Å². The Bertz CT molecular complexity index is 442. The summed E-state index contributed by atoms with van der Waals surface area (Å²) in [6, 6.07) is 4.39. The first-order valence-corrected chi connectivity index (χ1v) is 4.79. The van der Waals surface area contributed by atoms with Crippen molar-refractivity contribution in [1.82, 2.24) is 9.97 Å². The molecule has 2 rings (SSSR count). The summed E-state index contributed by atoms with van der Waals surface area (Å²) < 4.78 is 13.3. The molecule has 0 saturated carbocycles. The van der Waals surface area contributed by atoms with E-state index in [1.54, 1.807) is 18.6 Å². The van der Waals surface area contributed by atoms with Crippen LogP contribution in [0.1, 0.15) is 5.69 Å². The van der Waals surface area contributed by atoms with Crippen LogP contribution < -0.4 is 5.32 Å². The molecule has 1 heterocycles. The summed E-state index contributed by atoms with van der Waals surface area (Å²) in [5.74, 6) is -0.320. The van der Waals surface area contributed by atoms with Crippen molar-refractivity contribution in [2.45, 2.75) is 6.54 Å². The molecular weight excluding hydrogens is 217 g/mol. The summed E-state index contributed by atoms with van der Waals surface area (Å²) in [4.78, 5) is 6.77. The van der Waals surface area contributed by atoms with E-state index in [2.05, 4.69) is 15.3 Å². The fraction of sp³-hybridized carbons (Fsp3) is 0.100. The van der Waals surface area contributed by atoms with Crippen LogP contribution in [0.25, 0.3) is 0 Å². The smallest absolute Gasteiger partial charge is 0.146 e. The molecule has 0 fully saturated rings. The number of imidazole rings is 1. The molecule has 0 aliphatic carbocycles. The monoisotopic (exact) mass is 225 g/mol. The highest BCUT2D eigenvalue weighted by Gasteiger charge is 2.02. The van der Waals surface area contributed by atoms with Gasteiger partial charge < -0.3 is 10.3 Å². The zero-order valence-corrected chi connectivity index (χ0v) is 8.55. The average molecular weight is 226 g/mol. The van der Waals surface area contributed by atoms with Crippen molar-refractivity contribution >= 4 is 17.3 Å². The fourth-order valence-corrected chi connectivity index (χ4v) is 1.38. The van der Waals surface area contributed by atoms with Crippen molar-refractivity contribution in [3.05, 3.63) is 47.3 Å². The van der Waals surface area contributed by atoms with E-state index < -0.39 is 0 Å². The molecule has 0 atom stereocenters. The predicted molar refractivity (Wildman–Crippen MR) is 57.3 cm³/mol. The summed E-state index contributed by atoms with van der Waals surface area (Å²) in [6.07, 6.45) is 3.25. The highest BCUT2D eigenvalue weighted by molar-refractivity contribution is 6.30. The third-order valence-electron chi connectivity index (χ3n) is 1.95. The Labute approximate surface area is 91.3 Å². The number of benzene rings is 1. The molecule has 0 bridgehead atoms. The Morgan fingerprint density at radius 3 is 3.07 bits per heavy atom. The van der Waals surface area contributed by atoms with Crippen molar-refractivity contribution in [3.63, 3.8) is 0 Å². The van der Waals surface area contributed by atoms with E-state index in [4.69, 9.17) is 11.6 Å². The van der Waals surface area contributed by atoms with Gasteiger partial charge in [0.05, 0.1) is 24.3 Å². The van der Waals surface area contributed by atoms with E-state index in [0.29, 0.717) is 17.3 Å². The molecular formula is C10H9ClFN3. The number of halogens is 2. The second-order valence-corrected chi connectivity index (χ2v) is 3.49. The molecule has 5 heteroatoms. The maximum absolute atomic E-state index is 13.3. The van der Waals surface area contributed by atoms with Gasteiger partial charge in [0.1, 0.15) is 5.82 Å². The lowest BCUT2D eigenvalue weighted by Gasteiger charge is -2.06. The molecule has 3 nitrogen and oxygen atoms in total. The summed E-state index contributed by atoms with van der Waals surface area (Å²) in [6.45, 7) is 0.483. The number of nitrogens with one attached hydrogen (secondary N) is 2. The first kappa shape index (κ1) is 9.98. The number of hydrogen-bond acceptors (Lipinski definition) is 2. The van der Waals surface area contributed by atoms with Crippen LogP contribution in [-0.2, 0) is 6.54 Å². The van der Waals surface area contributed by atoms with Gasteiger partial charge in [-0.25, -0.2) is 9.37 Å². The molecule has 1 aromatic heterocycles. The lowest BCUT2D eigenvalue weighted by atomic mass is 10.3. The minimum atomic E-state index is -0.320. The van der Waals surface area contributed by atoms with E-state index in [-0.39, 0.29) is 5.82 Å². The predicted octanol–water partition coefficient (Wildman–Crippen LogP) is 2.81. The topological polar surface area (TPSA) is 40.7 Å². The first-order chi connectivity index (χ1) is 7.25. The molecule has 0 radical (unpaired) electrons. The number of nitrogens with zero attached hydrogens (tertiary/aromatic N) is 1. The van der Waals surface area contributed by atoms with Gasteiger partial charge in [-0.3, -0.25) is 0 Å². The Morgan fingerprint density at radius 2 is 2.33 bits per heavy atom. The summed E-state index contributed by atoms with van der Waals surface area (Å²) in [5, 5.41) is 3.43. The first-order valence-electron chi connectivity index (χ1n) is 4.42. The third-order valence-corrected chi connectivity index (χ3v) is 2.19. The van der Waals surface area contributed by atoms with Crippen LogP contribution in [-0.4, -0.2) is 9.97 Å². The highest BCUT2D eigenvalue weighted by Crippen LogP contribution is 2.19. The van der Waals surface area contributed by atoms with Gasteiger partial charge in [0, 0.05) is 11.2 Å². The second kappa shape index (κ2) is 4.31. The van der Waals surface area contributed by atoms with Gasteiger partial charge in [-0.1, -0.05) is 11.6 Å². The molecule has 2 aromatic rings. The molecule has 1 aromatic carbocycles. The highest BCUT2D eigenvalue weighted by atomic mass is 35.5. The maximum Gasteiger partial charge on any atom is 0.146 e. The molecule has 0 spiro atoms. The summed E-state index contributed by atoms with van der Waals surface area (Å²) in [5.41, 5.74) is 1.27. The molecule has 0 saturated heterocycles. The van der Waals surface area contributed by atoms with E-state index in [9.17, 15) is 4.39 Å². The Morgan fingerprint density at radius 1 is 1.47 bits per heavy atom. The van der Waals surface area contributed by atoms with Crippen molar-refractivity contribution in [3.8, 4) is 0 Å². The van der Waals surface area contributed by atoms with Crippen LogP contribution in [0.15, 0.2) is 30.7 Å².